The molecule has 0 amide bonds. The fourth-order valence-corrected chi connectivity index (χ4v) is 4.64. The van der Waals surface area contributed by atoms with Crippen molar-refractivity contribution in [2.75, 3.05) is 7.11 Å². The minimum absolute atomic E-state index is 0.0771. The van der Waals surface area contributed by atoms with Crippen LogP contribution in [0, 0.1) is 6.92 Å². The SMILES string of the molecule is COc1ccc2c(=O)n(S(=O)(=O)c3ccc(C)cc3)c3ccccc3c2c1. The van der Waals surface area contributed by atoms with E-state index in [1.54, 1.807) is 55.6 Å². The van der Waals surface area contributed by atoms with Crippen LogP contribution in [0.15, 0.2) is 76.4 Å². The monoisotopic (exact) mass is 379 g/mol. The maximum atomic E-state index is 13.3. The van der Waals surface area contributed by atoms with Crippen LogP contribution in [-0.4, -0.2) is 19.5 Å². The van der Waals surface area contributed by atoms with Crippen LogP contribution in [0.4, 0.5) is 0 Å². The van der Waals surface area contributed by atoms with Crippen LogP contribution in [0.2, 0.25) is 0 Å². The topological polar surface area (TPSA) is 65.4 Å². The van der Waals surface area contributed by atoms with Crippen molar-refractivity contribution in [3.8, 4) is 5.75 Å². The molecule has 0 fully saturated rings. The largest absolute Gasteiger partial charge is 0.497 e. The molecule has 1 heterocycles. The Hall–Kier alpha value is -3.12. The highest BCUT2D eigenvalue weighted by Crippen LogP contribution is 2.28. The van der Waals surface area contributed by atoms with Crippen LogP contribution >= 0.6 is 0 Å². The number of aryl methyl sites for hydroxylation is 1. The number of hydrogen-bond donors (Lipinski definition) is 0. The Morgan fingerprint density at radius 2 is 1.56 bits per heavy atom. The number of pyridine rings is 1. The van der Waals surface area contributed by atoms with Gasteiger partial charge in [-0.15, -0.1) is 0 Å². The van der Waals surface area contributed by atoms with E-state index in [1.165, 1.54) is 12.1 Å². The van der Waals surface area contributed by atoms with Crippen LogP contribution in [0.5, 0.6) is 5.75 Å². The number of benzene rings is 3. The van der Waals surface area contributed by atoms with Crippen molar-refractivity contribution in [2.45, 2.75) is 11.8 Å². The molecule has 3 aromatic carbocycles. The second-order valence-electron chi connectivity index (χ2n) is 6.32. The molecule has 0 aliphatic rings. The summed E-state index contributed by atoms with van der Waals surface area (Å²) in [6, 6.07) is 18.4. The first-order valence-electron chi connectivity index (χ1n) is 8.37. The van der Waals surface area contributed by atoms with Gasteiger partial charge in [0, 0.05) is 16.2 Å². The highest BCUT2D eigenvalue weighted by atomic mass is 32.2. The summed E-state index contributed by atoms with van der Waals surface area (Å²) in [5, 5.41) is 1.65. The first-order valence-corrected chi connectivity index (χ1v) is 9.81. The van der Waals surface area contributed by atoms with Crippen molar-refractivity contribution >= 4 is 31.7 Å². The molecule has 4 aromatic rings. The third kappa shape index (κ3) is 2.69. The summed E-state index contributed by atoms with van der Waals surface area (Å²) in [6.45, 7) is 1.88. The van der Waals surface area contributed by atoms with E-state index in [4.69, 9.17) is 4.74 Å². The van der Waals surface area contributed by atoms with Gasteiger partial charge in [-0.2, -0.15) is 3.97 Å². The van der Waals surface area contributed by atoms with Crippen LogP contribution in [0.3, 0.4) is 0 Å². The third-order valence-corrected chi connectivity index (χ3v) is 6.32. The van der Waals surface area contributed by atoms with E-state index < -0.39 is 15.6 Å². The first-order chi connectivity index (χ1) is 12.9. The van der Waals surface area contributed by atoms with Crippen molar-refractivity contribution < 1.29 is 13.2 Å². The third-order valence-electron chi connectivity index (χ3n) is 4.61. The minimum Gasteiger partial charge on any atom is -0.497 e. The molecule has 0 spiro atoms. The lowest BCUT2D eigenvalue weighted by Crippen LogP contribution is -2.28. The molecule has 4 rings (SSSR count). The standard InChI is InChI=1S/C21H17NO4S/c1-14-7-10-16(11-8-14)27(24,25)22-20-6-4-3-5-17(20)19-13-15(26-2)9-12-18(19)21(22)23/h3-13H,1-2H3. The molecule has 27 heavy (non-hydrogen) atoms. The lowest BCUT2D eigenvalue weighted by atomic mass is 10.1. The fraction of sp³-hybridized carbons (Fsp3) is 0.0952. The average Bonchev–Trinajstić information content (AvgIpc) is 2.68. The molecule has 0 saturated heterocycles. The molecule has 5 nitrogen and oxygen atoms in total. The Morgan fingerprint density at radius 3 is 2.26 bits per heavy atom. The highest BCUT2D eigenvalue weighted by molar-refractivity contribution is 7.90. The average molecular weight is 379 g/mol. The van der Waals surface area contributed by atoms with Gasteiger partial charge in [0.05, 0.1) is 17.5 Å². The molecule has 6 heteroatoms. The van der Waals surface area contributed by atoms with Crippen molar-refractivity contribution in [1.29, 1.82) is 0 Å². The molecule has 0 radical (unpaired) electrons. The molecule has 0 atom stereocenters. The van der Waals surface area contributed by atoms with Crippen molar-refractivity contribution in [3.05, 3.63) is 82.6 Å². The van der Waals surface area contributed by atoms with Gasteiger partial charge in [-0.1, -0.05) is 35.9 Å². The highest BCUT2D eigenvalue weighted by Gasteiger charge is 2.23. The number of methoxy groups -OCH3 is 1. The van der Waals surface area contributed by atoms with Crippen LogP contribution in [-0.2, 0) is 10.0 Å². The van der Waals surface area contributed by atoms with E-state index >= 15 is 0 Å². The normalized spacial score (nSPS) is 11.8. The van der Waals surface area contributed by atoms with Crippen LogP contribution in [0.25, 0.3) is 21.7 Å². The molecule has 1 aromatic heterocycles. The molecule has 0 unspecified atom stereocenters. The van der Waals surface area contributed by atoms with E-state index in [0.29, 0.717) is 27.4 Å². The van der Waals surface area contributed by atoms with Gasteiger partial charge in [-0.25, -0.2) is 8.42 Å². The number of aromatic nitrogens is 1. The summed E-state index contributed by atoms with van der Waals surface area (Å²) in [7, 11) is -2.50. The quantitative estimate of drug-likeness (QED) is 0.509. The van der Waals surface area contributed by atoms with E-state index in [2.05, 4.69) is 0 Å². The molecule has 0 aliphatic carbocycles. The van der Waals surface area contributed by atoms with Gasteiger partial charge in [0.2, 0.25) is 0 Å². The molecule has 136 valence electrons. The number of rotatable bonds is 3. The van der Waals surface area contributed by atoms with Crippen LogP contribution in [0.1, 0.15) is 5.56 Å². The summed E-state index contributed by atoms with van der Waals surface area (Å²) in [4.78, 5) is 13.2. The van der Waals surface area contributed by atoms with Crippen molar-refractivity contribution in [3.63, 3.8) is 0 Å². The fourth-order valence-electron chi connectivity index (χ4n) is 3.21. The predicted octanol–water partition coefficient (Wildman–Crippen LogP) is 3.71. The summed E-state index contributed by atoms with van der Waals surface area (Å²) >= 11 is 0. The number of nitrogens with zero attached hydrogens (tertiary/aromatic N) is 1. The predicted molar refractivity (Wildman–Crippen MR) is 106 cm³/mol. The molecular formula is C21H17NO4S. The molecule has 0 saturated carbocycles. The zero-order chi connectivity index (χ0) is 19.2. The van der Waals surface area contributed by atoms with E-state index in [0.717, 1.165) is 9.54 Å². The Labute approximate surface area is 156 Å². The lowest BCUT2D eigenvalue weighted by molar-refractivity contribution is 0.415. The maximum absolute atomic E-state index is 13.3. The summed E-state index contributed by atoms with van der Waals surface area (Å²) in [6.07, 6.45) is 0. The lowest BCUT2D eigenvalue weighted by Gasteiger charge is -2.14. The number of hydrogen-bond acceptors (Lipinski definition) is 4. The Kier molecular flexibility index (Phi) is 4.00. The summed E-state index contributed by atoms with van der Waals surface area (Å²) < 4.78 is 32.7. The first kappa shape index (κ1) is 17.3. The van der Waals surface area contributed by atoms with Crippen LogP contribution < -0.4 is 10.3 Å². The maximum Gasteiger partial charge on any atom is 0.272 e. The van der Waals surface area contributed by atoms with Gasteiger partial charge < -0.3 is 4.74 Å². The second kappa shape index (κ2) is 6.25. The molecule has 0 aliphatic heterocycles. The number of ether oxygens (including phenoxy) is 1. The van der Waals surface area contributed by atoms with Gasteiger partial charge in [-0.3, -0.25) is 4.79 Å². The summed E-state index contributed by atoms with van der Waals surface area (Å²) in [5.41, 5.74) is 0.701. The number of para-hydroxylation sites is 1. The zero-order valence-corrected chi connectivity index (χ0v) is 15.7. The molecule has 0 N–H and O–H groups in total. The van der Waals surface area contributed by atoms with Gasteiger partial charge in [0.15, 0.2) is 0 Å². The van der Waals surface area contributed by atoms with Crippen molar-refractivity contribution in [1.82, 2.24) is 3.97 Å². The van der Waals surface area contributed by atoms with Gasteiger partial charge in [0.1, 0.15) is 5.75 Å². The Balaban J connectivity index is 2.16. The van der Waals surface area contributed by atoms with Gasteiger partial charge >= 0.3 is 0 Å². The Bertz CT molecular complexity index is 1340. The van der Waals surface area contributed by atoms with E-state index in [9.17, 15) is 13.2 Å². The zero-order valence-electron chi connectivity index (χ0n) is 14.8. The Morgan fingerprint density at radius 1 is 0.852 bits per heavy atom. The molecular weight excluding hydrogens is 362 g/mol. The summed E-state index contributed by atoms with van der Waals surface area (Å²) in [5.74, 6) is 0.603. The number of fused-ring (bicyclic) bond motifs is 3. The van der Waals surface area contributed by atoms with Gasteiger partial charge in [0.25, 0.3) is 15.6 Å². The smallest absolute Gasteiger partial charge is 0.272 e. The van der Waals surface area contributed by atoms with Crippen molar-refractivity contribution in [2.24, 2.45) is 0 Å². The van der Waals surface area contributed by atoms with Gasteiger partial charge in [-0.05, 0) is 43.3 Å². The molecule has 0 bridgehead atoms. The second-order valence-corrected chi connectivity index (χ2v) is 8.10. The van der Waals surface area contributed by atoms with E-state index in [-0.39, 0.29) is 4.90 Å². The minimum atomic E-state index is -4.05. The van der Waals surface area contributed by atoms with E-state index in [1.807, 2.05) is 13.0 Å².